The molecule has 0 radical (unpaired) electrons. The summed E-state index contributed by atoms with van der Waals surface area (Å²) in [6.07, 6.45) is 1.50. The maximum Gasteiger partial charge on any atom is 0.200 e. The van der Waals surface area contributed by atoms with E-state index >= 15 is 0 Å². The third-order valence-electron chi connectivity index (χ3n) is 2.87. The topological polar surface area (TPSA) is 65.6 Å². The molecule has 2 aromatic rings. The van der Waals surface area contributed by atoms with Crippen molar-refractivity contribution in [1.29, 1.82) is 0 Å². The Balaban J connectivity index is 2.23. The average molecular weight is 262 g/mol. The summed E-state index contributed by atoms with van der Waals surface area (Å²) in [5, 5.41) is 8.95. The van der Waals surface area contributed by atoms with E-state index in [1.165, 1.54) is 6.33 Å². The second kappa shape index (κ2) is 5.71. The quantitative estimate of drug-likeness (QED) is 0.882. The van der Waals surface area contributed by atoms with Crippen molar-refractivity contribution in [2.75, 3.05) is 37.0 Å². The zero-order chi connectivity index (χ0) is 13.8. The molecule has 0 atom stereocenters. The van der Waals surface area contributed by atoms with E-state index in [0.29, 0.717) is 6.54 Å². The fourth-order valence-corrected chi connectivity index (χ4v) is 1.71. The molecule has 6 heteroatoms. The smallest absolute Gasteiger partial charge is 0.200 e. The predicted octanol–water partition coefficient (Wildman–Crippen LogP) is 1.57. The molecule has 0 saturated carbocycles. The van der Waals surface area contributed by atoms with Gasteiger partial charge in [-0.25, -0.2) is 9.97 Å². The first-order valence-electron chi connectivity index (χ1n) is 6.06. The van der Waals surface area contributed by atoms with Crippen LogP contribution in [-0.4, -0.2) is 42.3 Å². The van der Waals surface area contributed by atoms with Crippen LogP contribution in [0.15, 0.2) is 28.9 Å². The second-order valence-electron chi connectivity index (χ2n) is 4.32. The molecule has 6 nitrogen and oxygen atoms in total. The Hall–Kier alpha value is -2.08. The molecule has 0 unspecified atom stereocenters. The molecule has 102 valence electrons. The highest BCUT2D eigenvalue weighted by atomic mass is 16.4. The molecule has 1 N–H and O–H groups in total. The number of furan rings is 1. The molecular weight excluding hydrogens is 244 g/mol. The lowest BCUT2D eigenvalue weighted by Gasteiger charge is -2.19. The van der Waals surface area contributed by atoms with Gasteiger partial charge in [-0.2, -0.15) is 0 Å². The first-order chi connectivity index (χ1) is 9.11. The van der Waals surface area contributed by atoms with Gasteiger partial charge < -0.3 is 14.4 Å². The summed E-state index contributed by atoms with van der Waals surface area (Å²) in [5.41, 5.74) is 0. The molecule has 2 aromatic heterocycles. The van der Waals surface area contributed by atoms with E-state index in [1.54, 1.807) is 0 Å². The Morgan fingerprint density at radius 2 is 1.95 bits per heavy atom. The minimum Gasteiger partial charge on any atom is -0.445 e. The van der Waals surface area contributed by atoms with Gasteiger partial charge in [-0.3, -0.25) is 4.90 Å². The number of aliphatic hydroxyl groups excluding tert-OH is 1. The van der Waals surface area contributed by atoms with E-state index in [-0.39, 0.29) is 6.61 Å². The summed E-state index contributed by atoms with van der Waals surface area (Å²) >= 11 is 0. The molecule has 0 amide bonds. The highest BCUT2D eigenvalue weighted by Gasteiger charge is 2.11. The number of aromatic nitrogens is 2. The molecule has 0 aliphatic heterocycles. The maximum absolute atomic E-state index is 8.95. The summed E-state index contributed by atoms with van der Waals surface area (Å²) in [5.74, 6) is 3.08. The number of anilines is 3. The number of nitrogens with zero attached hydrogens (tertiary/aromatic N) is 4. The Morgan fingerprint density at radius 1 is 1.21 bits per heavy atom. The van der Waals surface area contributed by atoms with Crippen molar-refractivity contribution in [3.63, 3.8) is 0 Å². The Bertz CT molecular complexity index is 541. The van der Waals surface area contributed by atoms with Crippen molar-refractivity contribution >= 4 is 17.5 Å². The number of hydrogen-bond donors (Lipinski definition) is 1. The predicted molar refractivity (Wildman–Crippen MR) is 73.9 cm³/mol. The van der Waals surface area contributed by atoms with Crippen molar-refractivity contribution in [1.82, 2.24) is 9.97 Å². The monoisotopic (exact) mass is 262 g/mol. The van der Waals surface area contributed by atoms with Crippen molar-refractivity contribution in [2.24, 2.45) is 0 Å². The van der Waals surface area contributed by atoms with Crippen LogP contribution in [-0.2, 0) is 0 Å². The molecule has 0 aromatic carbocycles. The highest BCUT2D eigenvalue weighted by Crippen LogP contribution is 2.25. The first kappa shape index (κ1) is 13.4. The summed E-state index contributed by atoms with van der Waals surface area (Å²) < 4.78 is 5.56. The molecule has 19 heavy (non-hydrogen) atoms. The zero-order valence-electron chi connectivity index (χ0n) is 11.4. The number of hydrogen-bond acceptors (Lipinski definition) is 6. The highest BCUT2D eigenvalue weighted by molar-refractivity contribution is 5.57. The lowest BCUT2D eigenvalue weighted by atomic mass is 10.4. The molecule has 0 fully saturated rings. The molecular formula is C13H18N4O2. The number of aryl methyl sites for hydroxylation is 1. The average Bonchev–Trinajstić information content (AvgIpc) is 2.85. The number of likely N-dealkylation sites (N-methyl/N-ethyl adjacent to an activating group) is 1. The SMILES string of the molecule is Cc1ccc(N(C)c2cc(N(C)CCO)ncn2)o1. The lowest BCUT2D eigenvalue weighted by Crippen LogP contribution is -2.23. The van der Waals surface area contributed by atoms with E-state index < -0.39 is 0 Å². The van der Waals surface area contributed by atoms with Gasteiger partial charge in [0.15, 0.2) is 0 Å². The fourth-order valence-electron chi connectivity index (χ4n) is 1.71. The van der Waals surface area contributed by atoms with Crippen LogP contribution >= 0.6 is 0 Å². The fraction of sp³-hybridized carbons (Fsp3) is 0.385. The molecule has 2 heterocycles. The van der Waals surface area contributed by atoms with Crippen LogP contribution in [0.3, 0.4) is 0 Å². The van der Waals surface area contributed by atoms with Crippen LogP contribution < -0.4 is 9.80 Å². The van der Waals surface area contributed by atoms with Crippen molar-refractivity contribution in [3.05, 3.63) is 30.3 Å². The van der Waals surface area contributed by atoms with Gasteiger partial charge in [0.05, 0.1) is 6.61 Å². The van der Waals surface area contributed by atoms with Crippen LogP contribution in [0.2, 0.25) is 0 Å². The molecule has 0 saturated heterocycles. The normalized spacial score (nSPS) is 10.5. The number of aliphatic hydroxyl groups is 1. The van der Waals surface area contributed by atoms with Gasteiger partial charge in [-0.15, -0.1) is 0 Å². The van der Waals surface area contributed by atoms with Gasteiger partial charge in [-0.1, -0.05) is 0 Å². The van der Waals surface area contributed by atoms with Gasteiger partial charge in [0, 0.05) is 32.8 Å². The Kier molecular flexibility index (Phi) is 4.01. The van der Waals surface area contributed by atoms with Crippen molar-refractivity contribution in [2.45, 2.75) is 6.92 Å². The van der Waals surface area contributed by atoms with Crippen LogP contribution in [0.5, 0.6) is 0 Å². The van der Waals surface area contributed by atoms with E-state index in [9.17, 15) is 0 Å². The van der Waals surface area contributed by atoms with Crippen molar-refractivity contribution in [3.8, 4) is 0 Å². The van der Waals surface area contributed by atoms with Gasteiger partial charge in [0.25, 0.3) is 0 Å². The van der Waals surface area contributed by atoms with E-state index in [1.807, 2.05) is 49.0 Å². The minimum atomic E-state index is 0.0864. The summed E-state index contributed by atoms with van der Waals surface area (Å²) in [4.78, 5) is 12.1. The van der Waals surface area contributed by atoms with Crippen LogP contribution in [0.4, 0.5) is 17.5 Å². The van der Waals surface area contributed by atoms with E-state index in [4.69, 9.17) is 9.52 Å². The van der Waals surface area contributed by atoms with Gasteiger partial charge in [0.1, 0.15) is 23.7 Å². The minimum absolute atomic E-state index is 0.0864. The Morgan fingerprint density at radius 3 is 2.58 bits per heavy atom. The molecule has 0 spiro atoms. The third kappa shape index (κ3) is 3.03. The van der Waals surface area contributed by atoms with Crippen molar-refractivity contribution < 1.29 is 9.52 Å². The molecule has 2 rings (SSSR count). The van der Waals surface area contributed by atoms with E-state index in [2.05, 4.69) is 9.97 Å². The van der Waals surface area contributed by atoms with Gasteiger partial charge >= 0.3 is 0 Å². The largest absolute Gasteiger partial charge is 0.445 e. The number of rotatable bonds is 5. The third-order valence-corrected chi connectivity index (χ3v) is 2.87. The second-order valence-corrected chi connectivity index (χ2v) is 4.32. The van der Waals surface area contributed by atoms with E-state index in [0.717, 1.165) is 23.3 Å². The lowest BCUT2D eigenvalue weighted by molar-refractivity contribution is 0.304. The summed E-state index contributed by atoms with van der Waals surface area (Å²) in [6, 6.07) is 5.66. The zero-order valence-corrected chi connectivity index (χ0v) is 11.4. The maximum atomic E-state index is 8.95. The van der Waals surface area contributed by atoms with Gasteiger partial charge in [0.2, 0.25) is 5.88 Å². The Labute approximate surface area is 112 Å². The van der Waals surface area contributed by atoms with Gasteiger partial charge in [-0.05, 0) is 13.0 Å². The molecule has 0 bridgehead atoms. The molecule has 0 aliphatic rings. The summed E-state index contributed by atoms with van der Waals surface area (Å²) in [7, 11) is 3.76. The summed E-state index contributed by atoms with van der Waals surface area (Å²) in [6.45, 7) is 2.51. The van der Waals surface area contributed by atoms with Crippen LogP contribution in [0, 0.1) is 6.92 Å². The molecule has 0 aliphatic carbocycles. The van der Waals surface area contributed by atoms with Crippen LogP contribution in [0.25, 0.3) is 0 Å². The first-order valence-corrected chi connectivity index (χ1v) is 6.06. The standard InChI is InChI=1S/C13H18N4O2/c1-10-4-5-13(19-10)17(3)12-8-11(14-9-15-12)16(2)6-7-18/h4-5,8-9,18H,6-7H2,1-3H3. The van der Waals surface area contributed by atoms with Crippen LogP contribution in [0.1, 0.15) is 5.76 Å².